The van der Waals surface area contributed by atoms with Gasteiger partial charge in [0.05, 0.1) is 0 Å². The van der Waals surface area contributed by atoms with Gasteiger partial charge in [-0.2, -0.15) is 127 Å². The first-order valence-corrected chi connectivity index (χ1v) is 9.90. The Labute approximate surface area is 230 Å². The van der Waals surface area contributed by atoms with Gasteiger partial charge in [-0.3, -0.25) is 0 Å². The quantitative estimate of drug-likeness (QED) is 0.175. The number of aliphatic hydroxyl groups excluding tert-OH is 1. The molecule has 0 aliphatic heterocycles. The molecule has 0 aromatic carbocycles. The number of halogens is 29. The largest absolute Gasteiger partial charge is 0.460 e. The third-order valence-electron chi connectivity index (χ3n) is 5.58. The summed E-state index contributed by atoms with van der Waals surface area (Å²) in [6.07, 6.45) is -11.5. The second-order valence-corrected chi connectivity index (χ2v) is 8.57. The lowest BCUT2D eigenvalue weighted by Crippen LogP contribution is -2.79. The summed E-state index contributed by atoms with van der Waals surface area (Å²) >= 11 is 0. The lowest BCUT2D eigenvalue weighted by molar-refractivity contribution is -0.487. The Morgan fingerprint density at radius 1 is 0.239 bits per heavy atom. The second kappa shape index (κ2) is 10.7. The van der Waals surface area contributed by atoms with Gasteiger partial charge in [0, 0.05) is 13.0 Å². The average molecular weight is 764 g/mol. The highest BCUT2D eigenvalue weighted by Crippen LogP contribution is 2.69. The Kier molecular flexibility index (Phi) is 10.2. The summed E-state index contributed by atoms with van der Waals surface area (Å²) < 4.78 is 385. The van der Waals surface area contributed by atoms with Gasteiger partial charge >= 0.3 is 83.2 Å². The zero-order valence-electron chi connectivity index (χ0n) is 19.8. The maximum absolute atomic E-state index is 13.7. The molecule has 0 saturated heterocycles. The van der Waals surface area contributed by atoms with Crippen LogP contribution in [-0.4, -0.2) is 94.9 Å². The standard InChI is InChI=1S/C16H5F29O/c17-3(18,1-2-46)4(19,20)5(21,22)6(23,24)7(25,26)8(27,28)9(29,30)10(31,32)11(33,34)12(35,36)13(37,38)14(39,40)15(41,42)16(43,44)45/h46H,1-2H2. The van der Waals surface area contributed by atoms with Crippen LogP contribution in [0.3, 0.4) is 0 Å². The van der Waals surface area contributed by atoms with Crippen LogP contribution in [0.15, 0.2) is 0 Å². The van der Waals surface area contributed by atoms with Crippen molar-refractivity contribution < 1.29 is 132 Å². The first-order chi connectivity index (χ1) is 19.3. The summed E-state index contributed by atoms with van der Waals surface area (Å²) in [7, 11) is 0. The van der Waals surface area contributed by atoms with Gasteiger partial charge in [0.2, 0.25) is 0 Å². The van der Waals surface area contributed by atoms with Gasteiger partial charge in [0.15, 0.2) is 0 Å². The van der Waals surface area contributed by atoms with Crippen LogP contribution < -0.4 is 0 Å². The third-order valence-corrected chi connectivity index (χ3v) is 5.58. The smallest absolute Gasteiger partial charge is 0.396 e. The van der Waals surface area contributed by atoms with E-state index < -0.39 is 96.2 Å². The van der Waals surface area contributed by atoms with Gasteiger partial charge in [-0.25, -0.2) is 0 Å². The fourth-order valence-electron chi connectivity index (χ4n) is 2.68. The molecule has 0 unspecified atom stereocenters. The molecule has 1 N–H and O–H groups in total. The first kappa shape index (κ1) is 43.9. The van der Waals surface area contributed by atoms with Crippen LogP contribution in [0, 0.1) is 0 Å². The maximum Gasteiger partial charge on any atom is 0.460 e. The van der Waals surface area contributed by atoms with Crippen molar-refractivity contribution in [3.8, 4) is 0 Å². The Morgan fingerprint density at radius 3 is 0.543 bits per heavy atom. The summed E-state index contributed by atoms with van der Waals surface area (Å²) in [4.78, 5) is 0. The predicted octanol–water partition coefficient (Wildman–Crippen LogP) is 9.19. The van der Waals surface area contributed by atoms with Crippen molar-refractivity contribution >= 4 is 0 Å². The number of hydrogen-bond donors (Lipinski definition) is 1. The van der Waals surface area contributed by atoms with Gasteiger partial charge < -0.3 is 5.11 Å². The Bertz CT molecular complexity index is 1090. The molecule has 0 spiro atoms. The van der Waals surface area contributed by atoms with Gasteiger partial charge in [-0.1, -0.05) is 0 Å². The zero-order valence-corrected chi connectivity index (χ0v) is 19.8. The lowest BCUT2D eigenvalue weighted by atomic mass is 9.83. The van der Waals surface area contributed by atoms with E-state index in [2.05, 4.69) is 0 Å². The highest BCUT2D eigenvalue weighted by atomic mass is 19.4. The molecule has 0 rings (SSSR count). The Morgan fingerprint density at radius 2 is 0.391 bits per heavy atom. The van der Waals surface area contributed by atoms with E-state index in [1.54, 1.807) is 0 Å². The summed E-state index contributed by atoms with van der Waals surface area (Å²) in [6, 6.07) is 0. The first-order valence-electron chi connectivity index (χ1n) is 9.90. The predicted molar refractivity (Wildman–Crippen MR) is 82.1 cm³/mol. The Hall–Kier alpha value is -2.07. The SMILES string of the molecule is OCCC(F)(F)C(F)(F)C(F)(F)C(F)(F)C(F)(F)C(F)(F)C(F)(F)C(F)(F)C(F)(F)C(F)(F)C(F)(F)C(F)(F)C(F)(F)C(F)(F)F. The third kappa shape index (κ3) is 4.97. The molecule has 278 valence electrons. The number of rotatable bonds is 14. The van der Waals surface area contributed by atoms with E-state index in [9.17, 15) is 127 Å². The van der Waals surface area contributed by atoms with E-state index in [0.29, 0.717) is 0 Å². The van der Waals surface area contributed by atoms with Crippen LogP contribution in [0.1, 0.15) is 6.42 Å². The molecule has 0 aromatic heterocycles. The average Bonchev–Trinajstić information content (AvgIpc) is 2.81. The van der Waals surface area contributed by atoms with Crippen molar-refractivity contribution in [3.63, 3.8) is 0 Å². The van der Waals surface area contributed by atoms with Gasteiger partial charge in [0.25, 0.3) is 0 Å². The highest BCUT2D eigenvalue weighted by Gasteiger charge is 3.00. The zero-order chi connectivity index (χ0) is 38.4. The van der Waals surface area contributed by atoms with Gasteiger partial charge in [0.1, 0.15) is 0 Å². The molecule has 0 aliphatic carbocycles. The minimum Gasteiger partial charge on any atom is -0.396 e. The fourth-order valence-corrected chi connectivity index (χ4v) is 2.68. The minimum atomic E-state index is -9.93. The topological polar surface area (TPSA) is 20.2 Å². The molecular formula is C16H5F29O. The van der Waals surface area contributed by atoms with Crippen LogP contribution in [0.2, 0.25) is 0 Å². The number of aliphatic hydroxyl groups is 1. The molecule has 0 saturated carbocycles. The lowest BCUT2D eigenvalue weighted by Gasteiger charge is -2.46. The van der Waals surface area contributed by atoms with E-state index in [1.165, 1.54) is 0 Å². The van der Waals surface area contributed by atoms with Crippen molar-refractivity contribution in [1.29, 1.82) is 0 Å². The molecule has 46 heavy (non-hydrogen) atoms. The van der Waals surface area contributed by atoms with Crippen LogP contribution in [0.4, 0.5) is 127 Å². The van der Waals surface area contributed by atoms with E-state index in [4.69, 9.17) is 5.11 Å². The van der Waals surface area contributed by atoms with Crippen LogP contribution >= 0.6 is 0 Å². The maximum atomic E-state index is 13.7. The molecule has 0 heterocycles. The molecule has 0 fully saturated rings. The molecular weight excluding hydrogens is 759 g/mol. The summed E-state index contributed by atoms with van der Waals surface area (Å²) in [5, 5.41) is 8.03. The molecule has 30 heteroatoms. The fraction of sp³-hybridized carbons (Fsp3) is 1.00. The highest BCUT2D eigenvalue weighted by molar-refractivity contribution is 5.21. The number of alkyl halides is 29. The van der Waals surface area contributed by atoms with Gasteiger partial charge in [-0.05, 0) is 0 Å². The van der Waals surface area contributed by atoms with Crippen molar-refractivity contribution in [1.82, 2.24) is 0 Å². The van der Waals surface area contributed by atoms with Crippen LogP contribution in [0.25, 0.3) is 0 Å². The van der Waals surface area contributed by atoms with Crippen LogP contribution in [0.5, 0.6) is 0 Å². The number of hydrogen-bond acceptors (Lipinski definition) is 1. The molecule has 0 amide bonds. The molecule has 0 atom stereocenters. The van der Waals surface area contributed by atoms with E-state index in [1.807, 2.05) is 0 Å². The van der Waals surface area contributed by atoms with Crippen molar-refractivity contribution in [3.05, 3.63) is 0 Å². The second-order valence-electron chi connectivity index (χ2n) is 8.57. The minimum absolute atomic E-state index is 2.51. The molecule has 0 radical (unpaired) electrons. The van der Waals surface area contributed by atoms with E-state index in [0.717, 1.165) is 0 Å². The van der Waals surface area contributed by atoms with Crippen molar-refractivity contribution in [2.24, 2.45) is 0 Å². The molecule has 0 aromatic rings. The molecule has 0 aliphatic rings. The monoisotopic (exact) mass is 764 g/mol. The van der Waals surface area contributed by atoms with E-state index in [-0.39, 0.29) is 0 Å². The van der Waals surface area contributed by atoms with E-state index >= 15 is 0 Å². The summed E-state index contributed by atoms with van der Waals surface area (Å²) in [5.41, 5.74) is 0. The molecule has 0 bridgehead atoms. The summed E-state index contributed by atoms with van der Waals surface area (Å²) in [6.45, 7) is -2.51. The summed E-state index contributed by atoms with van der Waals surface area (Å²) in [5.74, 6) is -120. The van der Waals surface area contributed by atoms with Crippen LogP contribution in [-0.2, 0) is 0 Å². The van der Waals surface area contributed by atoms with Gasteiger partial charge in [-0.15, -0.1) is 0 Å². The Balaban J connectivity index is 7.53. The normalized spacial score (nSPS) is 17.1. The van der Waals surface area contributed by atoms with Crippen molar-refractivity contribution in [2.75, 3.05) is 6.61 Å². The molecule has 1 nitrogen and oxygen atoms in total. The van der Waals surface area contributed by atoms with Crippen molar-refractivity contribution in [2.45, 2.75) is 89.6 Å².